The van der Waals surface area contributed by atoms with Gasteiger partial charge >= 0.3 is 0 Å². The number of rotatable bonds is 5. The molecule has 1 fully saturated rings. The Morgan fingerprint density at radius 2 is 2.03 bits per heavy atom. The monoisotopic (exact) mass is 442 g/mol. The lowest BCUT2D eigenvalue weighted by Crippen LogP contribution is -2.40. The number of fused-ring (bicyclic) bond motifs is 1. The van der Waals surface area contributed by atoms with Crippen molar-refractivity contribution < 1.29 is 9.18 Å². The first-order valence-electron chi connectivity index (χ1n) is 11.5. The summed E-state index contributed by atoms with van der Waals surface area (Å²) in [6.07, 6.45) is 6.83. The highest BCUT2D eigenvalue weighted by molar-refractivity contribution is 5.79. The van der Waals surface area contributed by atoms with Gasteiger partial charge < -0.3 is 9.30 Å². The minimum Gasteiger partial charge on any atom is -0.342 e. The fourth-order valence-corrected chi connectivity index (χ4v) is 4.74. The molecule has 168 valence electrons. The van der Waals surface area contributed by atoms with Crippen LogP contribution in [-0.4, -0.2) is 38.3 Å². The standard InChI is InChI=1S/C27H27FN4O/c1-19-25(32-13-3-2-9-26(32)30-19)16-27(33)31-12-5-7-22(18-31)24-11-10-21(17-29-24)14-20-6-4-8-23(28)15-20/h2-4,6,8-11,13,15,17,22H,5,7,12,14,16,18H2,1H3. The molecule has 0 saturated carbocycles. The summed E-state index contributed by atoms with van der Waals surface area (Å²) in [6, 6.07) is 16.7. The lowest BCUT2D eigenvalue weighted by atomic mass is 9.93. The number of hydrogen-bond donors (Lipinski definition) is 0. The second-order valence-corrected chi connectivity index (χ2v) is 8.83. The summed E-state index contributed by atoms with van der Waals surface area (Å²) >= 11 is 0. The van der Waals surface area contributed by atoms with Crippen molar-refractivity contribution in [3.63, 3.8) is 0 Å². The van der Waals surface area contributed by atoms with E-state index < -0.39 is 0 Å². The Balaban J connectivity index is 1.25. The Morgan fingerprint density at radius 3 is 2.85 bits per heavy atom. The fraction of sp³-hybridized carbons (Fsp3) is 0.296. The quantitative estimate of drug-likeness (QED) is 0.450. The van der Waals surface area contributed by atoms with E-state index in [1.54, 1.807) is 12.1 Å². The Labute approximate surface area is 192 Å². The average Bonchev–Trinajstić information content (AvgIpc) is 3.14. The minimum atomic E-state index is -0.219. The molecule has 0 aliphatic carbocycles. The second kappa shape index (κ2) is 9.14. The van der Waals surface area contributed by atoms with Gasteiger partial charge in [0, 0.05) is 37.1 Å². The van der Waals surface area contributed by atoms with Crippen LogP contribution in [0.15, 0.2) is 67.0 Å². The number of halogens is 1. The number of carbonyl (C=O) groups excluding carboxylic acids is 1. The number of imidazole rings is 1. The van der Waals surface area contributed by atoms with Crippen molar-refractivity contribution in [2.24, 2.45) is 0 Å². The normalized spacial score (nSPS) is 16.3. The summed E-state index contributed by atoms with van der Waals surface area (Å²) in [5, 5.41) is 0. The molecule has 4 aromatic rings. The van der Waals surface area contributed by atoms with Gasteiger partial charge in [0.05, 0.1) is 17.8 Å². The molecule has 0 radical (unpaired) electrons. The van der Waals surface area contributed by atoms with Crippen LogP contribution in [0.1, 0.15) is 47.0 Å². The van der Waals surface area contributed by atoms with Gasteiger partial charge in [0.15, 0.2) is 0 Å². The van der Waals surface area contributed by atoms with E-state index in [0.29, 0.717) is 19.4 Å². The van der Waals surface area contributed by atoms with Gasteiger partial charge in [-0.2, -0.15) is 0 Å². The maximum absolute atomic E-state index is 13.4. The molecule has 1 unspecified atom stereocenters. The molecule has 4 heterocycles. The van der Waals surface area contributed by atoms with Crippen molar-refractivity contribution in [2.45, 2.75) is 38.5 Å². The summed E-state index contributed by atoms with van der Waals surface area (Å²) in [5.74, 6) is 0.147. The van der Waals surface area contributed by atoms with Crippen molar-refractivity contribution in [3.8, 4) is 0 Å². The van der Waals surface area contributed by atoms with E-state index in [9.17, 15) is 9.18 Å². The zero-order valence-electron chi connectivity index (χ0n) is 18.7. The molecule has 1 aromatic carbocycles. The van der Waals surface area contributed by atoms with Crippen molar-refractivity contribution >= 4 is 11.6 Å². The predicted octanol–water partition coefficient (Wildman–Crippen LogP) is 4.72. The number of likely N-dealkylation sites (tertiary alicyclic amines) is 1. The summed E-state index contributed by atoms with van der Waals surface area (Å²) in [6.45, 7) is 3.43. The molecule has 6 heteroatoms. The van der Waals surface area contributed by atoms with E-state index in [4.69, 9.17) is 4.98 Å². The summed E-state index contributed by atoms with van der Waals surface area (Å²) in [5.41, 5.74) is 5.73. The first kappa shape index (κ1) is 21.3. The lowest BCUT2D eigenvalue weighted by molar-refractivity contribution is -0.131. The van der Waals surface area contributed by atoms with Crippen LogP contribution in [0.2, 0.25) is 0 Å². The van der Waals surface area contributed by atoms with Crippen molar-refractivity contribution in [1.29, 1.82) is 0 Å². The average molecular weight is 443 g/mol. The highest BCUT2D eigenvalue weighted by Crippen LogP contribution is 2.27. The molecular formula is C27H27FN4O. The molecule has 1 aliphatic rings. The van der Waals surface area contributed by atoms with Crippen molar-refractivity contribution in [2.75, 3.05) is 13.1 Å². The van der Waals surface area contributed by atoms with Crippen molar-refractivity contribution in [3.05, 3.63) is 101 Å². The molecule has 1 atom stereocenters. The third-order valence-corrected chi connectivity index (χ3v) is 6.48. The zero-order valence-corrected chi connectivity index (χ0v) is 18.7. The van der Waals surface area contributed by atoms with Gasteiger partial charge in [0.25, 0.3) is 0 Å². The maximum atomic E-state index is 13.4. The van der Waals surface area contributed by atoms with Crippen LogP contribution in [0.5, 0.6) is 0 Å². The number of hydrogen-bond acceptors (Lipinski definition) is 3. The largest absolute Gasteiger partial charge is 0.342 e. The summed E-state index contributed by atoms with van der Waals surface area (Å²) < 4.78 is 15.5. The van der Waals surface area contributed by atoms with Gasteiger partial charge in [-0.15, -0.1) is 0 Å². The van der Waals surface area contributed by atoms with Gasteiger partial charge in [-0.1, -0.05) is 24.3 Å². The molecule has 0 bridgehead atoms. The third-order valence-electron chi connectivity index (χ3n) is 6.48. The van der Waals surface area contributed by atoms with E-state index >= 15 is 0 Å². The van der Waals surface area contributed by atoms with Gasteiger partial charge in [0.1, 0.15) is 11.5 Å². The second-order valence-electron chi connectivity index (χ2n) is 8.83. The smallest absolute Gasteiger partial charge is 0.228 e. The Hall–Kier alpha value is -3.54. The number of benzene rings is 1. The number of aromatic nitrogens is 3. The van der Waals surface area contributed by atoms with Gasteiger partial charge in [-0.05, 0) is 67.6 Å². The SMILES string of the molecule is Cc1nc2ccccn2c1CC(=O)N1CCCC(c2ccc(Cc3cccc(F)c3)cn2)C1. The number of piperidine rings is 1. The molecule has 3 aromatic heterocycles. The Bertz CT molecular complexity index is 1280. The highest BCUT2D eigenvalue weighted by Gasteiger charge is 2.26. The zero-order chi connectivity index (χ0) is 22.8. The highest BCUT2D eigenvalue weighted by atomic mass is 19.1. The van der Waals surface area contributed by atoms with Crippen molar-refractivity contribution in [1.82, 2.24) is 19.3 Å². The molecule has 1 aliphatic heterocycles. The summed E-state index contributed by atoms with van der Waals surface area (Å²) in [7, 11) is 0. The summed E-state index contributed by atoms with van der Waals surface area (Å²) in [4.78, 5) is 24.4. The molecule has 33 heavy (non-hydrogen) atoms. The van der Waals surface area contributed by atoms with Crippen LogP contribution < -0.4 is 0 Å². The molecule has 0 N–H and O–H groups in total. The Morgan fingerprint density at radius 1 is 1.12 bits per heavy atom. The van der Waals surface area contributed by atoms with E-state index in [0.717, 1.165) is 53.2 Å². The van der Waals surface area contributed by atoms with E-state index in [2.05, 4.69) is 17.1 Å². The number of amides is 1. The maximum Gasteiger partial charge on any atom is 0.228 e. The van der Waals surface area contributed by atoms with Crippen LogP contribution in [0.3, 0.4) is 0 Å². The number of aryl methyl sites for hydroxylation is 1. The minimum absolute atomic E-state index is 0.135. The van der Waals surface area contributed by atoms with E-state index in [1.165, 1.54) is 6.07 Å². The molecular weight excluding hydrogens is 415 g/mol. The number of carbonyl (C=O) groups is 1. The molecule has 1 saturated heterocycles. The van der Waals surface area contributed by atoms with Gasteiger partial charge in [-0.25, -0.2) is 9.37 Å². The first-order chi connectivity index (χ1) is 16.1. The van der Waals surface area contributed by atoms with E-state index in [1.807, 2.05) is 52.9 Å². The molecule has 5 nitrogen and oxygen atoms in total. The van der Waals surface area contributed by atoms with Gasteiger partial charge in [-0.3, -0.25) is 9.78 Å². The van der Waals surface area contributed by atoms with Gasteiger partial charge in [0.2, 0.25) is 5.91 Å². The molecule has 1 amide bonds. The van der Waals surface area contributed by atoms with Crippen LogP contribution in [0, 0.1) is 12.7 Å². The van der Waals surface area contributed by atoms with E-state index in [-0.39, 0.29) is 17.6 Å². The number of pyridine rings is 2. The molecule has 5 rings (SSSR count). The first-order valence-corrected chi connectivity index (χ1v) is 11.5. The van der Waals surface area contributed by atoms with Crippen LogP contribution >= 0.6 is 0 Å². The topological polar surface area (TPSA) is 50.5 Å². The Kier molecular flexibility index (Phi) is 5.90. The predicted molar refractivity (Wildman–Crippen MR) is 126 cm³/mol. The van der Waals surface area contributed by atoms with Crippen LogP contribution in [0.25, 0.3) is 5.65 Å². The molecule has 0 spiro atoms. The number of nitrogens with zero attached hydrogens (tertiary/aromatic N) is 4. The van der Waals surface area contributed by atoms with Crippen LogP contribution in [0.4, 0.5) is 4.39 Å². The lowest BCUT2D eigenvalue weighted by Gasteiger charge is -2.32. The van der Waals surface area contributed by atoms with Crippen LogP contribution in [-0.2, 0) is 17.6 Å². The fourth-order valence-electron chi connectivity index (χ4n) is 4.74. The third kappa shape index (κ3) is 4.65.